The van der Waals surface area contributed by atoms with Gasteiger partial charge in [-0.1, -0.05) is 16.8 Å². The van der Waals surface area contributed by atoms with Crippen molar-refractivity contribution in [1.29, 1.82) is 0 Å². The van der Waals surface area contributed by atoms with Gasteiger partial charge in [-0.25, -0.2) is 4.39 Å². The Kier molecular flexibility index (Phi) is 5.19. The largest absolute Gasteiger partial charge is 0.505 e. The lowest BCUT2D eigenvalue weighted by Gasteiger charge is -2.19. The highest BCUT2D eigenvalue weighted by Gasteiger charge is 2.31. The first kappa shape index (κ1) is 20.5. The molecule has 0 amide bonds. The van der Waals surface area contributed by atoms with Gasteiger partial charge in [0.15, 0.2) is 23.1 Å². The number of rotatable bonds is 5. The minimum absolute atomic E-state index is 0.356. The summed E-state index contributed by atoms with van der Waals surface area (Å²) in [6.45, 7) is 0. The number of nitro benzene ring substituents is 1. The van der Waals surface area contributed by atoms with Crippen molar-refractivity contribution in [3.8, 4) is 28.7 Å². The molecular weight excluding hydrogens is 443 g/mol. The summed E-state index contributed by atoms with van der Waals surface area (Å²) in [4.78, 5) is 13.0. The molecule has 0 aliphatic rings. The van der Waals surface area contributed by atoms with Crippen LogP contribution in [0.3, 0.4) is 0 Å². The Morgan fingerprint density at radius 2 is 1.90 bits per heavy atom. The minimum Gasteiger partial charge on any atom is -0.505 e. The summed E-state index contributed by atoms with van der Waals surface area (Å²) in [5.41, 5.74) is -1.27. The quantitative estimate of drug-likeness (QED) is 0.288. The number of hydrogen-bond donors (Lipinski definition) is 3. The number of aromatic hydroxyl groups is 3. The number of nitro groups is 1. The van der Waals surface area contributed by atoms with Crippen LogP contribution >= 0.6 is 22.4 Å². The number of phenols is 3. The predicted molar refractivity (Wildman–Crippen MR) is 94.6 cm³/mol. The highest BCUT2D eigenvalue weighted by atomic mass is 35.5. The molecule has 1 heterocycles. The average Bonchev–Trinajstić information content (AvgIpc) is 3.09. The molecule has 3 aromatic rings. The molecule has 0 saturated carbocycles. The maximum absolute atomic E-state index is 14.5. The van der Waals surface area contributed by atoms with Gasteiger partial charge in [-0.05, 0) is 18.2 Å². The van der Waals surface area contributed by atoms with Crippen LogP contribution in [0.25, 0.3) is 11.5 Å². The van der Waals surface area contributed by atoms with E-state index in [1.165, 1.54) is 0 Å². The molecule has 3 N–H and O–H groups in total. The summed E-state index contributed by atoms with van der Waals surface area (Å²) < 4.78 is 46.8. The van der Waals surface area contributed by atoms with E-state index in [1.54, 1.807) is 0 Å². The van der Waals surface area contributed by atoms with Crippen LogP contribution in [0.4, 0.5) is 17.8 Å². The first-order valence-electron chi connectivity index (χ1n) is 7.42. The van der Waals surface area contributed by atoms with E-state index in [4.69, 9.17) is 16.1 Å². The second-order valence-corrected chi connectivity index (χ2v) is 7.85. The van der Waals surface area contributed by atoms with Crippen molar-refractivity contribution in [2.45, 2.75) is 10.6 Å². The first-order valence-corrected chi connectivity index (χ1v) is 9.40. The molecule has 29 heavy (non-hydrogen) atoms. The first-order chi connectivity index (χ1) is 13.5. The summed E-state index contributed by atoms with van der Waals surface area (Å²) in [6.07, 6.45) is 0. The lowest BCUT2D eigenvalue weighted by Crippen LogP contribution is -1.96. The fourth-order valence-corrected chi connectivity index (χ4v) is 3.65. The zero-order valence-electron chi connectivity index (χ0n) is 13.8. The Labute approximate surface area is 166 Å². The maximum Gasteiger partial charge on any atom is 0.315 e. The molecule has 0 unspecified atom stereocenters. The van der Waals surface area contributed by atoms with E-state index >= 15 is 0 Å². The Bertz CT molecular complexity index is 1130. The summed E-state index contributed by atoms with van der Waals surface area (Å²) in [5.74, 6) is -6.17. The standard InChI is InChI=1S/C15H9ClF3N3O6S/c16-12-7(4-9(22(26)27)13(24)14(12)25)15-20-11(21-28-15)5-29(18,19)6-1-2-8(17)10(23)3-6/h1-4,23-25H,5H2. The van der Waals surface area contributed by atoms with Crippen molar-refractivity contribution >= 4 is 28.1 Å². The van der Waals surface area contributed by atoms with Crippen LogP contribution in [0.2, 0.25) is 5.02 Å². The van der Waals surface area contributed by atoms with Gasteiger partial charge in [0.25, 0.3) is 5.89 Å². The summed E-state index contributed by atoms with van der Waals surface area (Å²) >= 11 is 5.81. The Balaban J connectivity index is 1.95. The molecule has 0 bridgehead atoms. The van der Waals surface area contributed by atoms with E-state index in [9.17, 15) is 37.6 Å². The van der Waals surface area contributed by atoms with Gasteiger partial charge < -0.3 is 19.8 Å². The van der Waals surface area contributed by atoms with E-state index in [-0.39, 0.29) is 5.56 Å². The highest BCUT2D eigenvalue weighted by molar-refractivity contribution is 8.24. The van der Waals surface area contributed by atoms with Crippen LogP contribution in [0, 0.1) is 15.9 Å². The fourth-order valence-electron chi connectivity index (χ4n) is 2.26. The third-order valence-corrected chi connectivity index (χ3v) is 5.61. The summed E-state index contributed by atoms with van der Waals surface area (Å²) in [7, 11) is -4.61. The van der Waals surface area contributed by atoms with Gasteiger partial charge in [-0.3, -0.25) is 10.1 Å². The number of nitrogens with zero attached hydrogens (tertiary/aromatic N) is 3. The average molecular weight is 452 g/mol. The fraction of sp³-hybridized carbons (Fsp3) is 0.0667. The molecule has 0 fully saturated rings. The highest BCUT2D eigenvalue weighted by Crippen LogP contribution is 2.61. The normalized spacial score (nSPS) is 12.1. The van der Waals surface area contributed by atoms with Gasteiger partial charge in [-0.2, -0.15) is 12.8 Å². The van der Waals surface area contributed by atoms with Crippen LogP contribution in [0.5, 0.6) is 17.2 Å². The number of phenolic OH excluding ortho intramolecular Hbond substituents is 3. The Morgan fingerprint density at radius 3 is 2.52 bits per heavy atom. The molecule has 3 rings (SSSR count). The van der Waals surface area contributed by atoms with Crippen molar-refractivity contribution in [3.05, 3.63) is 51.0 Å². The molecule has 0 saturated heterocycles. The van der Waals surface area contributed by atoms with Gasteiger partial charge >= 0.3 is 5.69 Å². The molecule has 0 aliphatic heterocycles. The molecule has 0 atom stereocenters. The van der Waals surface area contributed by atoms with E-state index in [0.717, 1.165) is 12.1 Å². The zero-order valence-corrected chi connectivity index (χ0v) is 15.4. The Hall–Kier alpha value is -3.19. The summed E-state index contributed by atoms with van der Waals surface area (Å²) in [5, 5.41) is 42.3. The molecule has 14 heteroatoms. The van der Waals surface area contributed by atoms with Crippen molar-refractivity contribution in [3.63, 3.8) is 0 Å². The molecule has 0 spiro atoms. The van der Waals surface area contributed by atoms with Crippen LogP contribution in [-0.2, 0) is 5.75 Å². The maximum atomic E-state index is 14.5. The molecule has 9 nitrogen and oxygen atoms in total. The van der Waals surface area contributed by atoms with E-state index < -0.39 is 71.9 Å². The van der Waals surface area contributed by atoms with Crippen LogP contribution < -0.4 is 0 Å². The smallest absolute Gasteiger partial charge is 0.315 e. The van der Waals surface area contributed by atoms with Crippen molar-refractivity contribution in [1.82, 2.24) is 10.1 Å². The van der Waals surface area contributed by atoms with Gasteiger partial charge in [0.1, 0.15) is 0 Å². The number of halogens is 4. The van der Waals surface area contributed by atoms with E-state index in [0.29, 0.717) is 12.1 Å². The molecule has 1 aromatic heterocycles. The van der Waals surface area contributed by atoms with Crippen molar-refractivity contribution in [2.24, 2.45) is 0 Å². The van der Waals surface area contributed by atoms with Crippen LogP contribution in [0.15, 0.2) is 33.7 Å². The topological polar surface area (TPSA) is 143 Å². The van der Waals surface area contributed by atoms with Gasteiger partial charge in [0.05, 0.1) is 37.0 Å². The monoisotopic (exact) mass is 451 g/mol. The van der Waals surface area contributed by atoms with Gasteiger partial charge in [0.2, 0.25) is 5.75 Å². The zero-order chi connectivity index (χ0) is 21.5. The molecular formula is C15H9ClF3N3O6S. The predicted octanol–water partition coefficient (Wildman–Crippen LogP) is 4.69. The number of hydrogen-bond acceptors (Lipinski definition) is 8. The van der Waals surface area contributed by atoms with Gasteiger partial charge in [-0.15, -0.1) is 0 Å². The van der Waals surface area contributed by atoms with Crippen LogP contribution in [0.1, 0.15) is 5.82 Å². The number of benzene rings is 2. The minimum atomic E-state index is -4.61. The Morgan fingerprint density at radius 1 is 1.21 bits per heavy atom. The SMILES string of the molecule is O=[N+]([O-])c1cc(-c2nc(CS(F)(F)c3ccc(F)c(O)c3)no2)c(Cl)c(O)c1O. The second-order valence-electron chi connectivity index (χ2n) is 5.56. The molecule has 0 radical (unpaired) electrons. The third-order valence-electron chi connectivity index (χ3n) is 3.66. The van der Waals surface area contributed by atoms with E-state index in [1.807, 2.05) is 0 Å². The lowest BCUT2D eigenvalue weighted by molar-refractivity contribution is -0.385. The number of aromatic nitrogens is 2. The molecule has 2 aromatic carbocycles. The van der Waals surface area contributed by atoms with Crippen LogP contribution in [-0.4, -0.2) is 30.4 Å². The lowest BCUT2D eigenvalue weighted by atomic mass is 10.1. The van der Waals surface area contributed by atoms with Gasteiger partial charge in [0, 0.05) is 6.07 Å². The van der Waals surface area contributed by atoms with Crippen molar-refractivity contribution < 1.29 is 36.9 Å². The summed E-state index contributed by atoms with van der Waals surface area (Å²) in [6, 6.07) is 2.82. The molecule has 0 aliphatic carbocycles. The second kappa shape index (κ2) is 7.33. The van der Waals surface area contributed by atoms with E-state index in [2.05, 4.69) is 10.1 Å². The molecule has 154 valence electrons. The van der Waals surface area contributed by atoms with Crippen molar-refractivity contribution in [2.75, 3.05) is 0 Å². The third kappa shape index (κ3) is 3.86.